The highest BCUT2D eigenvalue weighted by Gasteiger charge is 2.32. The number of benzene rings is 1. The number of carboxylic acids is 1. The van der Waals surface area contributed by atoms with E-state index in [1.54, 1.807) is 12.1 Å². The van der Waals surface area contributed by atoms with Gasteiger partial charge < -0.3 is 10.4 Å². The van der Waals surface area contributed by atoms with Gasteiger partial charge in [0.2, 0.25) is 0 Å². The molecule has 0 bridgehead atoms. The number of halogens is 1. The van der Waals surface area contributed by atoms with Crippen LogP contribution < -0.4 is 5.32 Å². The Hall–Kier alpha value is -1.42. The Morgan fingerprint density at radius 3 is 2.89 bits per heavy atom. The highest BCUT2D eigenvalue weighted by molar-refractivity contribution is 5.70. The Bertz CT molecular complexity index is 450. The van der Waals surface area contributed by atoms with Crippen molar-refractivity contribution in [1.29, 1.82) is 0 Å². The number of rotatable bonds is 5. The van der Waals surface area contributed by atoms with Crippen LogP contribution in [0.15, 0.2) is 24.3 Å². The average molecular weight is 265 g/mol. The van der Waals surface area contributed by atoms with Gasteiger partial charge in [0.05, 0.1) is 5.92 Å². The summed E-state index contributed by atoms with van der Waals surface area (Å²) in [4.78, 5) is 11.1. The topological polar surface area (TPSA) is 49.3 Å². The predicted molar refractivity (Wildman–Crippen MR) is 71.3 cm³/mol. The minimum atomic E-state index is -0.706. The van der Waals surface area contributed by atoms with Gasteiger partial charge in [-0.3, -0.25) is 4.79 Å². The molecule has 3 nitrogen and oxygen atoms in total. The van der Waals surface area contributed by atoms with Crippen LogP contribution in [0.4, 0.5) is 4.39 Å². The van der Waals surface area contributed by atoms with Crippen LogP contribution in [0.5, 0.6) is 0 Å². The lowest BCUT2D eigenvalue weighted by Crippen LogP contribution is -2.30. The van der Waals surface area contributed by atoms with Crippen LogP contribution in [0.25, 0.3) is 0 Å². The maximum Gasteiger partial charge on any atom is 0.306 e. The van der Waals surface area contributed by atoms with Gasteiger partial charge in [-0.05, 0) is 38.3 Å². The van der Waals surface area contributed by atoms with Gasteiger partial charge in [-0.25, -0.2) is 4.39 Å². The van der Waals surface area contributed by atoms with Crippen LogP contribution in [0.3, 0.4) is 0 Å². The third-order valence-electron chi connectivity index (χ3n) is 4.03. The van der Waals surface area contributed by atoms with E-state index < -0.39 is 5.97 Å². The zero-order valence-corrected chi connectivity index (χ0v) is 11.1. The highest BCUT2D eigenvalue weighted by Crippen LogP contribution is 2.32. The van der Waals surface area contributed by atoms with Crippen molar-refractivity contribution in [2.24, 2.45) is 11.8 Å². The lowest BCUT2D eigenvalue weighted by molar-refractivity contribution is -0.142. The molecular weight excluding hydrogens is 245 g/mol. The largest absolute Gasteiger partial charge is 0.481 e. The standard InChI is InChI=1S/C15H20FNO2/c1-10(12-6-2-3-8-14(12)16)17-9-11-5-4-7-13(11)15(18)19/h2-3,6,8,10-11,13,17H,4-5,7,9H2,1H3,(H,18,19). The minimum absolute atomic E-state index is 0.101. The van der Waals surface area contributed by atoms with E-state index in [-0.39, 0.29) is 23.7 Å². The van der Waals surface area contributed by atoms with E-state index in [0.717, 1.165) is 19.3 Å². The van der Waals surface area contributed by atoms with Crippen LogP contribution >= 0.6 is 0 Å². The maximum absolute atomic E-state index is 13.6. The molecule has 0 spiro atoms. The number of hydrogen-bond acceptors (Lipinski definition) is 2. The maximum atomic E-state index is 13.6. The molecule has 0 aliphatic heterocycles. The van der Waals surface area contributed by atoms with Gasteiger partial charge in [-0.15, -0.1) is 0 Å². The van der Waals surface area contributed by atoms with E-state index in [4.69, 9.17) is 5.11 Å². The highest BCUT2D eigenvalue weighted by atomic mass is 19.1. The summed E-state index contributed by atoms with van der Waals surface area (Å²) in [6, 6.07) is 6.59. The van der Waals surface area contributed by atoms with Gasteiger partial charge in [0.15, 0.2) is 0 Å². The van der Waals surface area contributed by atoms with Gasteiger partial charge in [0.1, 0.15) is 5.82 Å². The fourth-order valence-corrected chi connectivity index (χ4v) is 2.87. The second-order valence-electron chi connectivity index (χ2n) is 5.29. The van der Waals surface area contributed by atoms with Crippen LogP contribution in [0.1, 0.15) is 37.8 Å². The van der Waals surface area contributed by atoms with Crippen molar-refractivity contribution in [2.45, 2.75) is 32.2 Å². The van der Waals surface area contributed by atoms with Crippen LogP contribution in [0, 0.1) is 17.7 Å². The van der Waals surface area contributed by atoms with Gasteiger partial charge in [0, 0.05) is 11.6 Å². The Balaban J connectivity index is 1.92. The number of carbonyl (C=O) groups is 1. The van der Waals surface area contributed by atoms with E-state index >= 15 is 0 Å². The van der Waals surface area contributed by atoms with Crippen LogP contribution in [-0.4, -0.2) is 17.6 Å². The molecule has 3 unspecified atom stereocenters. The molecule has 0 amide bonds. The molecule has 0 aromatic heterocycles. The number of nitrogens with one attached hydrogen (secondary N) is 1. The van der Waals surface area contributed by atoms with Crippen molar-refractivity contribution in [3.63, 3.8) is 0 Å². The lowest BCUT2D eigenvalue weighted by Gasteiger charge is -2.20. The third-order valence-corrected chi connectivity index (χ3v) is 4.03. The first-order chi connectivity index (χ1) is 9.09. The van der Waals surface area contributed by atoms with Crippen molar-refractivity contribution in [1.82, 2.24) is 5.32 Å². The molecule has 1 aliphatic rings. The predicted octanol–water partition coefficient (Wildman–Crippen LogP) is 2.98. The van der Waals surface area contributed by atoms with E-state index in [1.165, 1.54) is 6.07 Å². The molecule has 19 heavy (non-hydrogen) atoms. The van der Waals surface area contributed by atoms with Crippen molar-refractivity contribution in [2.75, 3.05) is 6.54 Å². The second-order valence-corrected chi connectivity index (χ2v) is 5.29. The molecular formula is C15H20FNO2. The van der Waals surface area contributed by atoms with Crippen molar-refractivity contribution < 1.29 is 14.3 Å². The van der Waals surface area contributed by atoms with E-state index in [0.29, 0.717) is 12.1 Å². The van der Waals surface area contributed by atoms with E-state index in [1.807, 2.05) is 13.0 Å². The van der Waals surface area contributed by atoms with Crippen molar-refractivity contribution in [3.8, 4) is 0 Å². The smallest absolute Gasteiger partial charge is 0.306 e. The van der Waals surface area contributed by atoms with Gasteiger partial charge in [0.25, 0.3) is 0 Å². The summed E-state index contributed by atoms with van der Waals surface area (Å²) in [5.41, 5.74) is 0.632. The Morgan fingerprint density at radius 1 is 1.47 bits per heavy atom. The molecule has 1 aromatic carbocycles. The molecule has 0 radical (unpaired) electrons. The molecule has 4 heteroatoms. The lowest BCUT2D eigenvalue weighted by atomic mass is 9.95. The molecule has 3 atom stereocenters. The minimum Gasteiger partial charge on any atom is -0.481 e. The first kappa shape index (κ1) is 14.0. The fraction of sp³-hybridized carbons (Fsp3) is 0.533. The Labute approximate surface area is 112 Å². The molecule has 1 aromatic rings. The van der Waals surface area contributed by atoms with Gasteiger partial charge in [-0.2, -0.15) is 0 Å². The summed E-state index contributed by atoms with van der Waals surface area (Å²) in [6.45, 7) is 2.54. The zero-order valence-electron chi connectivity index (χ0n) is 11.1. The summed E-state index contributed by atoms with van der Waals surface area (Å²) in [5, 5.41) is 12.4. The molecule has 2 N–H and O–H groups in total. The first-order valence-electron chi connectivity index (χ1n) is 6.80. The van der Waals surface area contributed by atoms with Crippen molar-refractivity contribution in [3.05, 3.63) is 35.6 Å². The number of aliphatic carboxylic acids is 1. The summed E-state index contributed by atoms with van der Waals surface area (Å²) in [6.07, 6.45) is 2.67. The first-order valence-corrected chi connectivity index (χ1v) is 6.80. The molecule has 1 aliphatic carbocycles. The SMILES string of the molecule is CC(NCC1CCCC1C(=O)O)c1ccccc1F. The summed E-state index contributed by atoms with van der Waals surface area (Å²) in [7, 11) is 0. The molecule has 2 rings (SSSR count). The monoisotopic (exact) mass is 265 g/mol. The Morgan fingerprint density at radius 2 is 2.21 bits per heavy atom. The molecule has 1 saturated carbocycles. The number of hydrogen-bond donors (Lipinski definition) is 2. The number of carboxylic acid groups (broad SMARTS) is 1. The average Bonchev–Trinajstić information content (AvgIpc) is 2.85. The molecule has 0 heterocycles. The molecule has 1 fully saturated rings. The quantitative estimate of drug-likeness (QED) is 0.860. The normalized spacial score (nSPS) is 24.3. The summed E-state index contributed by atoms with van der Waals surface area (Å²) in [5.74, 6) is -1.02. The van der Waals surface area contributed by atoms with Crippen LogP contribution in [-0.2, 0) is 4.79 Å². The van der Waals surface area contributed by atoms with Crippen LogP contribution in [0.2, 0.25) is 0 Å². The molecule has 104 valence electrons. The fourth-order valence-electron chi connectivity index (χ4n) is 2.87. The van der Waals surface area contributed by atoms with Gasteiger partial charge in [-0.1, -0.05) is 24.6 Å². The summed E-state index contributed by atoms with van der Waals surface area (Å²) < 4.78 is 13.6. The second kappa shape index (κ2) is 6.15. The van der Waals surface area contributed by atoms with Gasteiger partial charge >= 0.3 is 5.97 Å². The Kier molecular flexibility index (Phi) is 4.53. The van der Waals surface area contributed by atoms with Crippen molar-refractivity contribution >= 4 is 5.97 Å². The molecule has 0 saturated heterocycles. The van der Waals surface area contributed by atoms with E-state index in [9.17, 15) is 9.18 Å². The zero-order chi connectivity index (χ0) is 13.8. The third kappa shape index (κ3) is 3.32. The van der Waals surface area contributed by atoms with E-state index in [2.05, 4.69) is 5.32 Å². The summed E-state index contributed by atoms with van der Waals surface area (Å²) >= 11 is 0.